The van der Waals surface area contributed by atoms with E-state index in [2.05, 4.69) is 65.8 Å². The van der Waals surface area contributed by atoms with Crippen LogP contribution in [-0.4, -0.2) is 43.0 Å². The summed E-state index contributed by atoms with van der Waals surface area (Å²) in [7, 11) is -5.74. The molecule has 0 aliphatic heterocycles. The minimum Gasteiger partial charge on any atom is -0.394 e. The lowest BCUT2D eigenvalue weighted by atomic mass is 10.8. The Morgan fingerprint density at radius 2 is 0.545 bits per heavy atom. The van der Waals surface area contributed by atoms with Gasteiger partial charge in [-0.05, 0) is 0 Å². The highest BCUT2D eigenvalue weighted by molar-refractivity contribution is 7.31. The summed E-state index contributed by atoms with van der Waals surface area (Å²) in [6, 6.07) is 0. The van der Waals surface area contributed by atoms with E-state index in [0.29, 0.717) is 0 Å². The number of rotatable bonds is 1. The molecule has 0 saturated heterocycles. The quantitative estimate of drug-likeness (QED) is 0.306. The Morgan fingerprint density at radius 1 is 0.500 bits per heavy atom. The first kappa shape index (κ1) is 49.8. The van der Waals surface area contributed by atoms with Gasteiger partial charge in [0.25, 0.3) is 0 Å². The van der Waals surface area contributed by atoms with E-state index >= 15 is 0 Å². The lowest BCUT2D eigenvalue weighted by Gasteiger charge is -1.70. The maximum atomic E-state index is 8.70. The molecule has 8 nitrogen and oxygen atoms in total. The van der Waals surface area contributed by atoms with E-state index in [9.17, 15) is 0 Å². The lowest BCUT2D eigenvalue weighted by molar-refractivity contribution is 0.186. The van der Waals surface area contributed by atoms with Crippen LogP contribution in [0.5, 0.6) is 0 Å². The molecule has 22 heavy (non-hydrogen) atoms. The van der Waals surface area contributed by atoms with Gasteiger partial charge in [-0.1, -0.05) is 0 Å². The topological polar surface area (TPSA) is 156 Å². The van der Waals surface area contributed by atoms with Crippen LogP contribution in [0, 0.1) is 0 Å². The first-order valence-electron chi connectivity index (χ1n) is 4.80. The SMILES string of the molecule is C=C.C=C.C=C.C=C.C=C.O=[P+](O)O.O=[P+](O)O.OCCO. The molecular weight excluding hydrogens is 334 g/mol. The van der Waals surface area contributed by atoms with Crippen LogP contribution in [0.4, 0.5) is 0 Å². The molecule has 0 amide bonds. The average Bonchev–Trinajstić information content (AvgIpc) is 2.55. The third kappa shape index (κ3) is 50300. The molecule has 10 heteroatoms. The fraction of sp³-hybridized carbons (Fsp3) is 0.167. The van der Waals surface area contributed by atoms with E-state index in [1.165, 1.54) is 0 Å². The van der Waals surface area contributed by atoms with Crippen molar-refractivity contribution in [2.24, 2.45) is 0 Å². The van der Waals surface area contributed by atoms with Crippen molar-refractivity contribution in [3.63, 3.8) is 0 Å². The van der Waals surface area contributed by atoms with E-state index in [0.717, 1.165) is 0 Å². The summed E-state index contributed by atoms with van der Waals surface area (Å²) in [5, 5.41) is 15.2. The fourth-order valence-corrected chi connectivity index (χ4v) is 0. The molecule has 0 atom stereocenters. The summed E-state index contributed by atoms with van der Waals surface area (Å²) in [5.41, 5.74) is 0. The van der Waals surface area contributed by atoms with E-state index in [-0.39, 0.29) is 13.2 Å². The smallest absolute Gasteiger partial charge is 0.394 e. The van der Waals surface area contributed by atoms with E-state index in [1.807, 2.05) is 0 Å². The second kappa shape index (κ2) is 154. The molecule has 0 radical (unpaired) electrons. The van der Waals surface area contributed by atoms with E-state index < -0.39 is 16.5 Å². The van der Waals surface area contributed by atoms with Gasteiger partial charge in [-0.2, -0.15) is 0 Å². The molecule has 0 aliphatic rings. The molecule has 0 bridgehead atoms. The van der Waals surface area contributed by atoms with Gasteiger partial charge in [0.2, 0.25) is 0 Å². The average molecular weight is 364 g/mol. The Balaban J connectivity index is -0.0000000175. The molecule has 0 fully saturated rings. The zero-order chi connectivity index (χ0) is 20.6. The third-order valence-corrected chi connectivity index (χ3v) is 0.1000. The van der Waals surface area contributed by atoms with E-state index in [4.69, 9.17) is 38.9 Å². The van der Waals surface area contributed by atoms with Crippen LogP contribution in [-0.2, 0) is 9.13 Å². The predicted octanol–water partition coefficient (Wildman–Crippen LogP) is 2.24. The standard InChI is InChI=1S/C2H6O2.5C2H4.2HO3P/c3-1-2-4;5*1-2;2*1-4(2)3/h3-4H,1-2H2;5*1-2H2;2*(H-,1,2,3)/p+2. The molecular formula is C12H30O8P2+2. The molecule has 134 valence electrons. The first-order valence-corrected chi connectivity index (χ1v) is 7.13. The van der Waals surface area contributed by atoms with Gasteiger partial charge in [0, 0.05) is 9.13 Å². The molecule has 0 aliphatic carbocycles. The second-order valence-corrected chi connectivity index (χ2v) is 1.96. The minimum absolute atomic E-state index is 0.125. The van der Waals surface area contributed by atoms with Gasteiger partial charge in [0.05, 0.1) is 13.2 Å². The highest BCUT2D eigenvalue weighted by Gasteiger charge is 1.93. The van der Waals surface area contributed by atoms with Crippen LogP contribution in [0.3, 0.4) is 0 Å². The highest BCUT2D eigenvalue weighted by Crippen LogP contribution is 1.98. The van der Waals surface area contributed by atoms with Crippen LogP contribution in [0.1, 0.15) is 0 Å². The van der Waals surface area contributed by atoms with E-state index in [1.54, 1.807) is 0 Å². The molecule has 0 spiro atoms. The third-order valence-electron chi connectivity index (χ3n) is 0.1000. The number of aliphatic hydroxyl groups is 2. The van der Waals surface area contributed by atoms with Gasteiger partial charge in [0.15, 0.2) is 0 Å². The fourth-order valence-electron chi connectivity index (χ4n) is 0. The Morgan fingerprint density at radius 3 is 0.545 bits per heavy atom. The van der Waals surface area contributed by atoms with Crippen molar-refractivity contribution in [3.8, 4) is 0 Å². The summed E-state index contributed by atoms with van der Waals surface area (Å²) in [4.78, 5) is 28.5. The number of hydrogen-bond donors (Lipinski definition) is 6. The first-order chi connectivity index (χ1) is 10.4. The lowest BCUT2D eigenvalue weighted by Crippen LogP contribution is -1.85. The van der Waals surface area contributed by atoms with Crippen molar-refractivity contribution in [2.75, 3.05) is 13.2 Å². The van der Waals surface area contributed by atoms with Crippen molar-refractivity contribution in [1.82, 2.24) is 0 Å². The second-order valence-electron chi connectivity index (χ2n) is 0.953. The highest BCUT2D eigenvalue weighted by atomic mass is 31.1. The molecule has 0 saturated carbocycles. The van der Waals surface area contributed by atoms with Gasteiger partial charge in [-0.3, -0.25) is 0 Å². The largest absolute Gasteiger partial charge is 0.692 e. The van der Waals surface area contributed by atoms with Crippen molar-refractivity contribution in [3.05, 3.63) is 65.8 Å². The van der Waals surface area contributed by atoms with Crippen LogP contribution >= 0.6 is 16.5 Å². The normalized spacial score (nSPS) is 4.64. The molecule has 0 aromatic carbocycles. The van der Waals surface area contributed by atoms with Crippen molar-refractivity contribution in [2.45, 2.75) is 0 Å². The summed E-state index contributed by atoms with van der Waals surface area (Å²) in [5.74, 6) is 0. The molecule has 0 unspecified atom stereocenters. The zero-order valence-corrected chi connectivity index (χ0v) is 14.7. The predicted molar refractivity (Wildman–Crippen MR) is 94.5 cm³/mol. The molecule has 6 N–H and O–H groups in total. The van der Waals surface area contributed by atoms with Crippen molar-refractivity contribution in [1.29, 1.82) is 0 Å². The molecule has 0 rings (SSSR count). The van der Waals surface area contributed by atoms with Gasteiger partial charge in [-0.25, -0.2) is 0 Å². The Bertz CT molecular complexity index is 149. The van der Waals surface area contributed by atoms with Gasteiger partial charge in [0.1, 0.15) is 0 Å². The molecule has 0 heterocycles. The van der Waals surface area contributed by atoms with Gasteiger partial charge < -0.3 is 10.2 Å². The van der Waals surface area contributed by atoms with Crippen LogP contribution in [0.2, 0.25) is 0 Å². The molecule has 0 aromatic rings. The Hall–Kier alpha value is -1.34. The number of aliphatic hydroxyl groups excluding tert-OH is 2. The Kier molecular flexibility index (Phi) is 350. The number of hydrogen-bond acceptors (Lipinski definition) is 4. The zero-order valence-electron chi connectivity index (χ0n) is 12.9. The molecule has 0 aromatic heterocycles. The van der Waals surface area contributed by atoms with Gasteiger partial charge in [-0.15, -0.1) is 85.4 Å². The summed E-state index contributed by atoms with van der Waals surface area (Å²) in [6.45, 7) is 29.8. The van der Waals surface area contributed by atoms with Crippen LogP contribution in [0.25, 0.3) is 0 Å². The van der Waals surface area contributed by atoms with Crippen molar-refractivity contribution >= 4 is 16.5 Å². The summed E-state index contributed by atoms with van der Waals surface area (Å²) in [6.07, 6.45) is 0. The Labute approximate surface area is 135 Å². The van der Waals surface area contributed by atoms with Crippen LogP contribution < -0.4 is 0 Å². The maximum Gasteiger partial charge on any atom is 0.692 e. The van der Waals surface area contributed by atoms with Crippen molar-refractivity contribution < 1.29 is 38.9 Å². The van der Waals surface area contributed by atoms with Crippen LogP contribution in [0.15, 0.2) is 65.8 Å². The minimum atomic E-state index is -2.87. The maximum absolute atomic E-state index is 8.70. The summed E-state index contributed by atoms with van der Waals surface area (Å²) >= 11 is 0. The summed E-state index contributed by atoms with van der Waals surface area (Å²) < 4.78 is 17.4. The monoisotopic (exact) mass is 364 g/mol. The van der Waals surface area contributed by atoms with Gasteiger partial charge >= 0.3 is 16.5 Å².